The quantitative estimate of drug-likeness (QED) is 0.809. The summed E-state index contributed by atoms with van der Waals surface area (Å²) in [6, 6.07) is 4.75. The maximum absolute atomic E-state index is 12.0. The number of urea groups is 1. The third-order valence-electron chi connectivity index (χ3n) is 2.82. The Labute approximate surface area is 128 Å². The second-order valence-corrected chi connectivity index (χ2v) is 4.80. The van der Waals surface area contributed by atoms with E-state index in [2.05, 4.69) is 5.32 Å². The molecule has 0 aromatic heterocycles. The number of hydrogen-bond donors (Lipinski definition) is 2. The van der Waals surface area contributed by atoms with Crippen LogP contribution in [0.2, 0.25) is 5.02 Å². The predicted octanol–water partition coefficient (Wildman–Crippen LogP) is 2.35. The third-order valence-corrected chi connectivity index (χ3v) is 3.17. The molecule has 116 valence electrons. The molecule has 0 aliphatic carbocycles. The minimum atomic E-state index is -1.05. The number of rotatable bonds is 7. The number of ether oxygens (including phenoxy) is 1. The lowest BCUT2D eigenvalue weighted by molar-refractivity contribution is -0.137. The minimum Gasteiger partial charge on any atom is -0.496 e. The monoisotopic (exact) mass is 314 g/mol. The summed E-state index contributed by atoms with van der Waals surface area (Å²) in [5, 5.41) is 12.0. The van der Waals surface area contributed by atoms with Crippen molar-refractivity contribution < 1.29 is 19.4 Å². The highest BCUT2D eigenvalue weighted by Gasteiger charge is 2.16. The number of carboxylic acids is 1. The van der Waals surface area contributed by atoms with Crippen LogP contribution in [-0.4, -0.2) is 42.2 Å². The fourth-order valence-electron chi connectivity index (χ4n) is 1.86. The predicted molar refractivity (Wildman–Crippen MR) is 79.7 cm³/mol. The summed E-state index contributed by atoms with van der Waals surface area (Å²) < 4.78 is 5.19. The minimum absolute atomic E-state index is 0.168. The number of aliphatic carboxylic acids is 1. The van der Waals surface area contributed by atoms with Crippen molar-refractivity contribution in [2.45, 2.75) is 19.9 Å². The van der Waals surface area contributed by atoms with Gasteiger partial charge in [0.2, 0.25) is 0 Å². The molecule has 0 saturated heterocycles. The van der Waals surface area contributed by atoms with E-state index in [1.54, 1.807) is 18.2 Å². The molecule has 21 heavy (non-hydrogen) atoms. The van der Waals surface area contributed by atoms with Gasteiger partial charge in [-0.05, 0) is 18.6 Å². The summed E-state index contributed by atoms with van der Waals surface area (Å²) in [5.41, 5.74) is 0.654. The number of carbonyl (C=O) groups is 2. The second kappa shape index (κ2) is 8.36. The molecule has 0 bridgehead atoms. The lowest BCUT2D eigenvalue weighted by Gasteiger charge is -2.21. The lowest BCUT2D eigenvalue weighted by Crippen LogP contribution is -2.42. The second-order valence-electron chi connectivity index (χ2n) is 4.39. The van der Waals surface area contributed by atoms with Gasteiger partial charge in [-0.25, -0.2) is 4.79 Å². The largest absolute Gasteiger partial charge is 0.496 e. The van der Waals surface area contributed by atoms with Crippen molar-refractivity contribution >= 4 is 23.6 Å². The molecule has 0 heterocycles. The highest BCUT2D eigenvalue weighted by molar-refractivity contribution is 6.31. The Morgan fingerprint density at radius 2 is 2.14 bits per heavy atom. The van der Waals surface area contributed by atoms with Gasteiger partial charge in [0, 0.05) is 23.7 Å². The first-order valence-corrected chi connectivity index (χ1v) is 6.93. The van der Waals surface area contributed by atoms with Gasteiger partial charge in [0.05, 0.1) is 7.11 Å². The molecule has 0 atom stereocenters. The SMILES string of the molecule is CCCN(CC(=O)O)C(=O)NCc1c(Cl)cccc1OC. The number of nitrogens with zero attached hydrogens (tertiary/aromatic N) is 1. The van der Waals surface area contributed by atoms with Crippen LogP contribution >= 0.6 is 11.6 Å². The smallest absolute Gasteiger partial charge is 0.323 e. The molecule has 1 rings (SSSR count). The van der Waals surface area contributed by atoms with Gasteiger partial charge in [-0.1, -0.05) is 24.6 Å². The molecule has 0 radical (unpaired) electrons. The van der Waals surface area contributed by atoms with E-state index in [4.69, 9.17) is 21.4 Å². The maximum Gasteiger partial charge on any atom is 0.323 e. The Balaban J connectivity index is 2.73. The molecule has 0 aliphatic heterocycles. The average molecular weight is 315 g/mol. The molecule has 2 N–H and O–H groups in total. The first-order valence-electron chi connectivity index (χ1n) is 6.55. The number of nitrogens with one attached hydrogen (secondary N) is 1. The normalized spacial score (nSPS) is 10.0. The van der Waals surface area contributed by atoms with Gasteiger partial charge < -0.3 is 20.1 Å². The molecule has 7 heteroatoms. The van der Waals surface area contributed by atoms with E-state index in [1.165, 1.54) is 12.0 Å². The van der Waals surface area contributed by atoms with E-state index in [0.717, 1.165) is 0 Å². The van der Waals surface area contributed by atoms with Gasteiger partial charge >= 0.3 is 12.0 Å². The van der Waals surface area contributed by atoms with Crippen LogP contribution in [0.3, 0.4) is 0 Å². The van der Waals surface area contributed by atoms with E-state index in [-0.39, 0.29) is 13.1 Å². The van der Waals surface area contributed by atoms with Crippen molar-refractivity contribution in [2.75, 3.05) is 20.2 Å². The van der Waals surface area contributed by atoms with Gasteiger partial charge in [0.1, 0.15) is 12.3 Å². The molecule has 0 aliphatic rings. The fourth-order valence-corrected chi connectivity index (χ4v) is 2.10. The third kappa shape index (κ3) is 5.15. The summed E-state index contributed by atoms with van der Waals surface area (Å²) in [6.45, 7) is 2.08. The maximum atomic E-state index is 12.0. The van der Waals surface area contributed by atoms with Gasteiger partial charge in [-0.2, -0.15) is 0 Å². The topological polar surface area (TPSA) is 78.9 Å². The molecular weight excluding hydrogens is 296 g/mol. The van der Waals surface area contributed by atoms with Gasteiger partial charge in [-0.15, -0.1) is 0 Å². The molecule has 0 spiro atoms. The number of carbonyl (C=O) groups excluding carboxylic acids is 1. The van der Waals surface area contributed by atoms with Crippen LogP contribution in [0.1, 0.15) is 18.9 Å². The molecule has 0 unspecified atom stereocenters. The lowest BCUT2D eigenvalue weighted by atomic mass is 10.2. The van der Waals surface area contributed by atoms with Crippen LogP contribution in [0, 0.1) is 0 Å². The molecule has 1 aromatic rings. The molecule has 0 fully saturated rings. The summed E-state index contributed by atoms with van der Waals surface area (Å²) in [6.07, 6.45) is 0.677. The molecule has 0 saturated carbocycles. The van der Waals surface area contributed by atoms with E-state index >= 15 is 0 Å². The van der Waals surface area contributed by atoms with E-state index in [0.29, 0.717) is 29.3 Å². The zero-order valence-corrected chi connectivity index (χ0v) is 12.8. The average Bonchev–Trinajstić information content (AvgIpc) is 2.44. The standard InChI is InChI=1S/C14H19ClN2O4/c1-3-7-17(9-13(18)19)14(20)16-8-10-11(15)5-4-6-12(10)21-2/h4-6H,3,7-9H2,1-2H3,(H,16,20)(H,18,19). The zero-order chi connectivity index (χ0) is 15.8. The number of hydrogen-bond acceptors (Lipinski definition) is 3. The number of benzene rings is 1. The molecule has 2 amide bonds. The van der Waals surface area contributed by atoms with Crippen LogP contribution in [-0.2, 0) is 11.3 Å². The summed E-state index contributed by atoms with van der Waals surface area (Å²) >= 11 is 6.08. The van der Waals surface area contributed by atoms with Gasteiger partial charge in [0.25, 0.3) is 0 Å². The van der Waals surface area contributed by atoms with Crippen LogP contribution in [0.5, 0.6) is 5.75 Å². The van der Waals surface area contributed by atoms with Crippen molar-refractivity contribution in [1.29, 1.82) is 0 Å². The Bertz CT molecular complexity index is 508. The molecule has 1 aromatic carbocycles. The van der Waals surface area contributed by atoms with Crippen molar-refractivity contribution in [2.24, 2.45) is 0 Å². The van der Waals surface area contributed by atoms with Gasteiger partial charge in [-0.3, -0.25) is 4.79 Å². The Hall–Kier alpha value is -1.95. The Morgan fingerprint density at radius 3 is 2.71 bits per heavy atom. The van der Waals surface area contributed by atoms with E-state index in [1.807, 2.05) is 6.92 Å². The Kier molecular flexibility index (Phi) is 6.81. The molecule has 6 nitrogen and oxygen atoms in total. The Morgan fingerprint density at radius 1 is 1.43 bits per heavy atom. The van der Waals surface area contributed by atoms with Gasteiger partial charge in [0.15, 0.2) is 0 Å². The van der Waals surface area contributed by atoms with Crippen LogP contribution in [0.15, 0.2) is 18.2 Å². The number of methoxy groups -OCH3 is 1. The summed E-state index contributed by atoms with van der Waals surface area (Å²) in [4.78, 5) is 24.0. The van der Waals surface area contributed by atoms with Crippen LogP contribution < -0.4 is 10.1 Å². The highest BCUT2D eigenvalue weighted by atomic mass is 35.5. The molecular formula is C14H19ClN2O4. The van der Waals surface area contributed by atoms with Crippen molar-refractivity contribution in [3.63, 3.8) is 0 Å². The first-order chi connectivity index (χ1) is 9.99. The number of carboxylic acid groups (broad SMARTS) is 1. The van der Waals surface area contributed by atoms with Crippen molar-refractivity contribution in [1.82, 2.24) is 10.2 Å². The zero-order valence-electron chi connectivity index (χ0n) is 12.1. The number of amides is 2. The highest BCUT2D eigenvalue weighted by Crippen LogP contribution is 2.25. The summed E-state index contributed by atoms with van der Waals surface area (Å²) in [5.74, 6) is -0.475. The van der Waals surface area contributed by atoms with E-state index in [9.17, 15) is 9.59 Å². The summed E-state index contributed by atoms with van der Waals surface area (Å²) in [7, 11) is 1.52. The number of halogens is 1. The van der Waals surface area contributed by atoms with Crippen molar-refractivity contribution in [3.8, 4) is 5.75 Å². The van der Waals surface area contributed by atoms with Crippen LogP contribution in [0.4, 0.5) is 4.79 Å². The van der Waals surface area contributed by atoms with Crippen LogP contribution in [0.25, 0.3) is 0 Å². The fraction of sp³-hybridized carbons (Fsp3) is 0.429. The van der Waals surface area contributed by atoms with E-state index < -0.39 is 12.0 Å². The first kappa shape index (κ1) is 17.1. The van der Waals surface area contributed by atoms with Crippen molar-refractivity contribution in [3.05, 3.63) is 28.8 Å².